The molecule has 0 atom stereocenters. The molecule has 2 aliphatic rings. The van der Waals surface area contributed by atoms with Gasteiger partial charge in [-0.25, -0.2) is 4.98 Å². The third kappa shape index (κ3) is 4.04. The molecule has 2 aromatic rings. The zero-order chi connectivity index (χ0) is 19.3. The second-order valence-corrected chi connectivity index (χ2v) is 6.98. The lowest BCUT2D eigenvalue weighted by Gasteiger charge is -2.37. The Hall–Kier alpha value is -2.80. The number of piperazine rings is 1. The summed E-state index contributed by atoms with van der Waals surface area (Å²) in [6, 6.07) is 12.0. The molecule has 0 aliphatic carbocycles. The van der Waals surface area contributed by atoms with E-state index >= 15 is 0 Å². The maximum atomic E-state index is 12.5. The number of methoxy groups -OCH3 is 1. The minimum absolute atomic E-state index is 0.0147. The van der Waals surface area contributed by atoms with Crippen molar-refractivity contribution in [1.82, 2.24) is 9.88 Å². The van der Waals surface area contributed by atoms with Gasteiger partial charge in [0.05, 0.1) is 32.2 Å². The van der Waals surface area contributed by atoms with E-state index in [0.717, 1.165) is 37.6 Å². The number of amides is 1. The number of carbonyl (C=O) groups excluding carboxylic acids is 1. The molecule has 7 nitrogen and oxygen atoms in total. The SMILES string of the molecule is COc1ccc(N2CCN(c3ccc(C(=O)N4CCOCC4)nc3)CC2)cc1. The van der Waals surface area contributed by atoms with E-state index < -0.39 is 0 Å². The normalized spacial score (nSPS) is 17.5. The van der Waals surface area contributed by atoms with Gasteiger partial charge in [-0.05, 0) is 36.4 Å². The van der Waals surface area contributed by atoms with Crippen LogP contribution >= 0.6 is 0 Å². The smallest absolute Gasteiger partial charge is 0.272 e. The monoisotopic (exact) mass is 382 g/mol. The minimum atomic E-state index is -0.0147. The average molecular weight is 382 g/mol. The molecular weight excluding hydrogens is 356 g/mol. The molecule has 148 valence electrons. The third-order valence-corrected chi connectivity index (χ3v) is 5.35. The Bertz CT molecular complexity index is 780. The molecular formula is C21H26N4O3. The lowest BCUT2D eigenvalue weighted by atomic mass is 10.2. The molecule has 3 heterocycles. The van der Waals surface area contributed by atoms with Crippen LogP contribution in [0.25, 0.3) is 0 Å². The zero-order valence-electron chi connectivity index (χ0n) is 16.2. The van der Waals surface area contributed by atoms with E-state index in [0.29, 0.717) is 32.0 Å². The molecule has 0 bridgehead atoms. The predicted molar refractivity (Wildman–Crippen MR) is 108 cm³/mol. The van der Waals surface area contributed by atoms with Gasteiger partial charge in [0, 0.05) is 45.0 Å². The van der Waals surface area contributed by atoms with Gasteiger partial charge in [-0.15, -0.1) is 0 Å². The van der Waals surface area contributed by atoms with Gasteiger partial charge in [0.25, 0.3) is 5.91 Å². The largest absolute Gasteiger partial charge is 0.497 e. The Labute approximate surface area is 165 Å². The van der Waals surface area contributed by atoms with Gasteiger partial charge in [-0.1, -0.05) is 0 Å². The van der Waals surface area contributed by atoms with Crippen molar-refractivity contribution in [2.45, 2.75) is 0 Å². The van der Waals surface area contributed by atoms with Crippen molar-refractivity contribution < 1.29 is 14.3 Å². The second kappa shape index (κ2) is 8.48. The van der Waals surface area contributed by atoms with Gasteiger partial charge in [0.1, 0.15) is 11.4 Å². The Kier molecular flexibility index (Phi) is 5.62. The van der Waals surface area contributed by atoms with Crippen LogP contribution in [0, 0.1) is 0 Å². The van der Waals surface area contributed by atoms with E-state index in [2.05, 4.69) is 26.9 Å². The lowest BCUT2D eigenvalue weighted by Crippen LogP contribution is -2.46. The topological polar surface area (TPSA) is 58.1 Å². The summed E-state index contributed by atoms with van der Waals surface area (Å²) >= 11 is 0. The summed E-state index contributed by atoms with van der Waals surface area (Å²) in [7, 11) is 1.68. The number of hydrogen-bond acceptors (Lipinski definition) is 6. The molecule has 4 rings (SSSR count). The predicted octanol–water partition coefficient (Wildman–Crippen LogP) is 1.89. The zero-order valence-corrected chi connectivity index (χ0v) is 16.2. The Morgan fingerprint density at radius 3 is 2.07 bits per heavy atom. The summed E-state index contributed by atoms with van der Waals surface area (Å²) < 4.78 is 10.5. The molecule has 28 heavy (non-hydrogen) atoms. The minimum Gasteiger partial charge on any atom is -0.497 e. The first kappa shape index (κ1) is 18.6. The van der Waals surface area contributed by atoms with E-state index in [9.17, 15) is 4.79 Å². The van der Waals surface area contributed by atoms with Gasteiger partial charge in [-0.3, -0.25) is 4.79 Å². The van der Waals surface area contributed by atoms with Crippen molar-refractivity contribution in [1.29, 1.82) is 0 Å². The first-order chi connectivity index (χ1) is 13.7. The molecule has 0 saturated carbocycles. The number of anilines is 2. The summed E-state index contributed by atoms with van der Waals surface area (Å²) in [5.74, 6) is 0.861. The number of nitrogens with zero attached hydrogens (tertiary/aromatic N) is 4. The summed E-state index contributed by atoms with van der Waals surface area (Å²) in [5, 5.41) is 0. The van der Waals surface area contributed by atoms with Gasteiger partial charge < -0.3 is 24.2 Å². The molecule has 7 heteroatoms. The van der Waals surface area contributed by atoms with Crippen molar-refractivity contribution in [2.24, 2.45) is 0 Å². The number of ether oxygens (including phenoxy) is 2. The van der Waals surface area contributed by atoms with Crippen LogP contribution in [0.1, 0.15) is 10.5 Å². The van der Waals surface area contributed by atoms with Crippen molar-refractivity contribution >= 4 is 17.3 Å². The standard InChI is InChI=1S/C21H26N4O3/c1-27-19-5-2-17(3-6-19)23-8-10-24(11-9-23)18-4-7-20(22-16-18)21(26)25-12-14-28-15-13-25/h2-7,16H,8-15H2,1H3. The summed E-state index contributed by atoms with van der Waals surface area (Å²) in [6.07, 6.45) is 1.82. The van der Waals surface area contributed by atoms with E-state index in [1.165, 1.54) is 5.69 Å². The molecule has 0 unspecified atom stereocenters. The first-order valence-electron chi connectivity index (χ1n) is 9.71. The van der Waals surface area contributed by atoms with E-state index in [1.807, 2.05) is 30.5 Å². The van der Waals surface area contributed by atoms with Crippen LogP contribution in [0.5, 0.6) is 5.75 Å². The molecule has 2 saturated heterocycles. The van der Waals surface area contributed by atoms with Crippen LogP contribution in [0.4, 0.5) is 11.4 Å². The van der Waals surface area contributed by atoms with Gasteiger partial charge >= 0.3 is 0 Å². The second-order valence-electron chi connectivity index (χ2n) is 6.98. The highest BCUT2D eigenvalue weighted by Crippen LogP contribution is 2.22. The highest BCUT2D eigenvalue weighted by atomic mass is 16.5. The molecule has 0 N–H and O–H groups in total. The Balaban J connectivity index is 1.34. The van der Waals surface area contributed by atoms with Crippen LogP contribution in [-0.2, 0) is 4.74 Å². The molecule has 2 fully saturated rings. The lowest BCUT2D eigenvalue weighted by molar-refractivity contribution is 0.0299. The quantitative estimate of drug-likeness (QED) is 0.805. The molecule has 0 spiro atoms. The molecule has 1 aromatic heterocycles. The Morgan fingerprint density at radius 2 is 1.50 bits per heavy atom. The third-order valence-electron chi connectivity index (χ3n) is 5.35. The number of rotatable bonds is 4. The highest BCUT2D eigenvalue weighted by Gasteiger charge is 2.21. The maximum Gasteiger partial charge on any atom is 0.272 e. The number of benzene rings is 1. The van der Waals surface area contributed by atoms with Crippen molar-refractivity contribution in [2.75, 3.05) is 69.4 Å². The number of pyridine rings is 1. The van der Waals surface area contributed by atoms with Crippen LogP contribution in [0.15, 0.2) is 42.6 Å². The van der Waals surface area contributed by atoms with Crippen LogP contribution in [0.2, 0.25) is 0 Å². The number of morpholine rings is 1. The first-order valence-corrected chi connectivity index (χ1v) is 9.71. The van der Waals surface area contributed by atoms with E-state index in [-0.39, 0.29) is 5.91 Å². The fourth-order valence-corrected chi connectivity index (χ4v) is 3.64. The van der Waals surface area contributed by atoms with Crippen LogP contribution in [-0.4, -0.2) is 75.4 Å². The fourth-order valence-electron chi connectivity index (χ4n) is 3.64. The van der Waals surface area contributed by atoms with Gasteiger partial charge in [0.15, 0.2) is 0 Å². The van der Waals surface area contributed by atoms with E-state index in [1.54, 1.807) is 12.0 Å². The summed E-state index contributed by atoms with van der Waals surface area (Å²) in [4.78, 5) is 23.4. The van der Waals surface area contributed by atoms with Crippen LogP contribution in [0.3, 0.4) is 0 Å². The van der Waals surface area contributed by atoms with E-state index in [4.69, 9.17) is 9.47 Å². The molecule has 2 aliphatic heterocycles. The van der Waals surface area contributed by atoms with Crippen molar-refractivity contribution in [3.8, 4) is 5.75 Å². The fraction of sp³-hybridized carbons (Fsp3) is 0.429. The number of carbonyl (C=O) groups is 1. The van der Waals surface area contributed by atoms with Crippen molar-refractivity contribution in [3.63, 3.8) is 0 Å². The maximum absolute atomic E-state index is 12.5. The van der Waals surface area contributed by atoms with Crippen LogP contribution < -0.4 is 14.5 Å². The summed E-state index contributed by atoms with van der Waals surface area (Å²) in [5.41, 5.74) is 2.78. The molecule has 1 aromatic carbocycles. The average Bonchev–Trinajstić information content (AvgIpc) is 2.79. The summed E-state index contributed by atoms with van der Waals surface area (Å²) in [6.45, 7) is 6.20. The number of hydrogen-bond donors (Lipinski definition) is 0. The molecule has 0 radical (unpaired) electrons. The van der Waals surface area contributed by atoms with Gasteiger partial charge in [0.2, 0.25) is 0 Å². The van der Waals surface area contributed by atoms with Gasteiger partial charge in [-0.2, -0.15) is 0 Å². The number of aromatic nitrogens is 1. The Morgan fingerprint density at radius 1 is 0.893 bits per heavy atom. The molecule has 1 amide bonds. The van der Waals surface area contributed by atoms with Crippen molar-refractivity contribution in [3.05, 3.63) is 48.3 Å². The highest BCUT2D eigenvalue weighted by molar-refractivity contribution is 5.92.